The van der Waals surface area contributed by atoms with Gasteiger partial charge in [-0.2, -0.15) is 0 Å². The van der Waals surface area contributed by atoms with Gasteiger partial charge >= 0.3 is 0 Å². The summed E-state index contributed by atoms with van der Waals surface area (Å²) >= 11 is 0. The molecule has 2 aromatic rings. The van der Waals surface area contributed by atoms with Gasteiger partial charge in [0.1, 0.15) is 12.3 Å². The van der Waals surface area contributed by atoms with E-state index in [1.807, 2.05) is 27.7 Å². The molecule has 2 rings (SSSR count). The number of hydrogen-bond acceptors (Lipinski definition) is 6. The Morgan fingerprint density at radius 1 is 1.08 bits per heavy atom. The lowest BCUT2D eigenvalue weighted by molar-refractivity contribution is -0.131. The van der Waals surface area contributed by atoms with Crippen molar-refractivity contribution < 1.29 is 23.8 Å². The van der Waals surface area contributed by atoms with Crippen LogP contribution in [-0.4, -0.2) is 47.3 Å². The second-order valence-electron chi connectivity index (χ2n) is 10.0. The first-order valence-electron chi connectivity index (χ1n) is 12.5. The van der Waals surface area contributed by atoms with Crippen LogP contribution in [0.4, 0.5) is 0 Å². The normalized spacial score (nSPS) is 15.0. The average molecular weight is 522 g/mol. The minimum Gasteiger partial charge on any atom is -0.494 e. The Balaban J connectivity index is 2.39. The van der Waals surface area contributed by atoms with Crippen molar-refractivity contribution in [2.24, 2.45) is 17.8 Å². The molecule has 0 aliphatic heterocycles. The van der Waals surface area contributed by atoms with E-state index in [1.165, 1.54) is 13.1 Å². The van der Waals surface area contributed by atoms with Crippen molar-refractivity contribution in [1.29, 1.82) is 0 Å². The number of nitrogens with zero attached hydrogens (tertiary/aromatic N) is 1. The van der Waals surface area contributed by atoms with E-state index in [-0.39, 0.29) is 48.6 Å². The zero-order valence-corrected chi connectivity index (χ0v) is 23.0. The van der Waals surface area contributed by atoms with Crippen LogP contribution in [0.2, 0.25) is 0 Å². The van der Waals surface area contributed by atoms with Gasteiger partial charge in [0.15, 0.2) is 0 Å². The minimum absolute atomic E-state index is 0.108. The molecule has 0 saturated heterocycles. The summed E-state index contributed by atoms with van der Waals surface area (Å²) < 4.78 is 20.8. The van der Waals surface area contributed by atoms with Gasteiger partial charge in [-0.3, -0.25) is 23.5 Å². The molecule has 0 aliphatic rings. The fraction of sp³-hybridized carbons (Fsp3) is 0.577. The fourth-order valence-corrected chi connectivity index (χ4v) is 6.83. The highest BCUT2D eigenvalue weighted by atomic mass is 31.2. The third-order valence-electron chi connectivity index (χ3n) is 5.94. The monoisotopic (exact) mass is 521 g/mol. The van der Waals surface area contributed by atoms with E-state index in [0.717, 1.165) is 4.57 Å². The van der Waals surface area contributed by atoms with Gasteiger partial charge in [-0.15, -0.1) is 0 Å². The molecule has 2 amide bonds. The first kappa shape index (κ1) is 29.6. The predicted octanol–water partition coefficient (Wildman–Crippen LogP) is 3.92. The lowest BCUT2D eigenvalue weighted by Gasteiger charge is -2.27. The van der Waals surface area contributed by atoms with Crippen LogP contribution in [0.5, 0.6) is 5.88 Å². The van der Waals surface area contributed by atoms with E-state index in [0.29, 0.717) is 23.6 Å². The van der Waals surface area contributed by atoms with Crippen molar-refractivity contribution in [1.82, 2.24) is 15.2 Å². The van der Waals surface area contributed by atoms with Gasteiger partial charge < -0.3 is 20.3 Å². The number of likely N-dealkylation sites (N-methyl/N-ethyl adjacent to an activating group) is 1. The molecule has 2 unspecified atom stereocenters. The number of hydrogen-bond donors (Lipinski definition) is 3. The lowest BCUT2D eigenvalue weighted by atomic mass is 9.96. The first-order valence-corrected chi connectivity index (χ1v) is 14.5. The minimum atomic E-state index is -3.60. The van der Waals surface area contributed by atoms with Crippen molar-refractivity contribution in [2.75, 3.05) is 19.8 Å². The van der Waals surface area contributed by atoms with Gasteiger partial charge in [0, 0.05) is 30.6 Å². The van der Waals surface area contributed by atoms with Gasteiger partial charge in [0.05, 0.1) is 6.61 Å². The van der Waals surface area contributed by atoms with E-state index in [4.69, 9.17) is 4.52 Å². The van der Waals surface area contributed by atoms with Crippen molar-refractivity contribution in [3.63, 3.8) is 0 Å². The Kier molecular flexibility index (Phi) is 10.7. The van der Waals surface area contributed by atoms with Crippen LogP contribution in [0.25, 0.3) is 10.8 Å². The molecule has 1 aromatic carbocycles. The maximum absolute atomic E-state index is 14.0. The SMILES string of the molecule is CCOP(=O)(CC(CC(C)C)C(=O)N[C@@H](CC(C)C)C(=O)NC)Cn1c(O)c2ccccc2cc1=O. The van der Waals surface area contributed by atoms with Crippen LogP contribution in [0, 0.1) is 17.8 Å². The highest BCUT2D eigenvalue weighted by molar-refractivity contribution is 7.58. The number of carbonyl (C=O) groups is 2. The first-order chi connectivity index (χ1) is 16.9. The average Bonchev–Trinajstić information content (AvgIpc) is 2.80. The number of rotatable bonds is 13. The van der Waals surface area contributed by atoms with E-state index in [9.17, 15) is 24.1 Å². The Morgan fingerprint density at radius 2 is 1.72 bits per heavy atom. The number of aromatic nitrogens is 1. The van der Waals surface area contributed by atoms with E-state index in [2.05, 4.69) is 10.6 Å². The number of fused-ring (bicyclic) bond motifs is 1. The van der Waals surface area contributed by atoms with Gasteiger partial charge in [-0.25, -0.2) is 0 Å². The molecule has 0 bridgehead atoms. The summed E-state index contributed by atoms with van der Waals surface area (Å²) in [5.41, 5.74) is -0.507. The molecule has 0 saturated carbocycles. The van der Waals surface area contributed by atoms with Crippen LogP contribution in [-0.2, 0) is 25.0 Å². The highest BCUT2D eigenvalue weighted by Gasteiger charge is 2.35. The number of benzene rings is 1. The molecule has 1 aromatic heterocycles. The Bertz CT molecular complexity index is 1160. The quantitative estimate of drug-likeness (QED) is 0.343. The third kappa shape index (κ3) is 7.93. The molecule has 0 aliphatic carbocycles. The zero-order valence-electron chi connectivity index (χ0n) is 22.1. The van der Waals surface area contributed by atoms with Crippen LogP contribution in [0.3, 0.4) is 0 Å². The van der Waals surface area contributed by atoms with Crippen LogP contribution in [0.15, 0.2) is 35.1 Å². The molecule has 0 fully saturated rings. The molecule has 36 heavy (non-hydrogen) atoms. The number of amides is 2. The smallest absolute Gasteiger partial charge is 0.254 e. The Morgan fingerprint density at radius 3 is 2.31 bits per heavy atom. The molecule has 3 N–H and O–H groups in total. The third-order valence-corrected chi connectivity index (χ3v) is 8.38. The molecular formula is C26H40N3O6P. The summed E-state index contributed by atoms with van der Waals surface area (Å²) in [6.45, 7) is 9.64. The maximum Gasteiger partial charge on any atom is 0.254 e. The summed E-state index contributed by atoms with van der Waals surface area (Å²) in [6.07, 6.45) is 0.404. The second kappa shape index (κ2) is 13.1. The predicted molar refractivity (Wildman–Crippen MR) is 142 cm³/mol. The van der Waals surface area contributed by atoms with Gasteiger partial charge in [0.25, 0.3) is 5.56 Å². The fourth-order valence-electron chi connectivity index (χ4n) is 4.36. The number of carbonyl (C=O) groups excluding carboxylic acids is 2. The molecule has 10 heteroatoms. The molecule has 0 spiro atoms. The number of pyridine rings is 1. The molecule has 0 radical (unpaired) electrons. The summed E-state index contributed by atoms with van der Waals surface area (Å²) in [5, 5.41) is 17.3. The van der Waals surface area contributed by atoms with Crippen LogP contribution < -0.4 is 16.2 Å². The van der Waals surface area contributed by atoms with Crippen molar-refractivity contribution >= 4 is 30.0 Å². The van der Waals surface area contributed by atoms with Crippen LogP contribution >= 0.6 is 7.37 Å². The van der Waals surface area contributed by atoms with Crippen LogP contribution in [0.1, 0.15) is 47.5 Å². The van der Waals surface area contributed by atoms with Gasteiger partial charge in [-0.1, -0.05) is 45.9 Å². The summed E-state index contributed by atoms with van der Waals surface area (Å²) in [5.74, 6) is -1.39. The summed E-state index contributed by atoms with van der Waals surface area (Å²) in [7, 11) is -2.08. The molecule has 3 atom stereocenters. The Labute approximate surface area is 213 Å². The topological polar surface area (TPSA) is 127 Å². The standard InChI is InChI=1S/C26H40N3O6P/c1-7-35-36(34,16-29-23(30)14-19-10-8-9-11-21(19)26(29)33)15-20(12-17(2)3)24(31)28-22(13-18(4)5)25(32)27-6/h8-11,14,17-18,20,22,33H,7,12-13,15-16H2,1-6H3,(H,27,32)(H,28,31)/t20?,22-,36?/m0/s1. The number of nitrogens with one attached hydrogen (secondary N) is 2. The van der Waals surface area contributed by atoms with Gasteiger partial charge in [0.2, 0.25) is 25.1 Å². The van der Waals surface area contributed by atoms with Crippen molar-refractivity contribution in [3.05, 3.63) is 40.7 Å². The summed E-state index contributed by atoms with van der Waals surface area (Å²) in [4.78, 5) is 38.5. The lowest BCUT2D eigenvalue weighted by Crippen LogP contribution is -2.49. The zero-order chi connectivity index (χ0) is 27.0. The van der Waals surface area contributed by atoms with E-state index < -0.39 is 24.9 Å². The number of aromatic hydroxyl groups is 1. The van der Waals surface area contributed by atoms with E-state index in [1.54, 1.807) is 31.2 Å². The van der Waals surface area contributed by atoms with E-state index >= 15 is 0 Å². The van der Waals surface area contributed by atoms with Crippen molar-refractivity contribution in [2.45, 2.75) is 59.8 Å². The molecule has 9 nitrogen and oxygen atoms in total. The summed E-state index contributed by atoms with van der Waals surface area (Å²) in [6, 6.07) is 7.56. The Hall–Kier alpha value is -2.64. The van der Waals surface area contributed by atoms with Gasteiger partial charge in [-0.05, 0) is 43.1 Å². The molecule has 200 valence electrons. The largest absolute Gasteiger partial charge is 0.494 e. The second-order valence-corrected chi connectivity index (χ2v) is 12.5. The molecular weight excluding hydrogens is 481 g/mol. The van der Waals surface area contributed by atoms with Crippen molar-refractivity contribution in [3.8, 4) is 5.88 Å². The maximum atomic E-state index is 14.0. The highest BCUT2D eigenvalue weighted by Crippen LogP contribution is 2.51. The molecule has 1 heterocycles.